The van der Waals surface area contributed by atoms with Crippen molar-refractivity contribution in [3.05, 3.63) is 41.7 Å². The molecule has 1 N–H and O–H groups in total. The Morgan fingerprint density at radius 3 is 2.63 bits per heavy atom. The van der Waals surface area contributed by atoms with Gasteiger partial charge in [-0.2, -0.15) is 0 Å². The highest BCUT2D eigenvalue weighted by molar-refractivity contribution is 7.13. The minimum absolute atomic E-state index is 0.313. The molecule has 1 amide bonds. The number of rotatable bonds is 4. The van der Waals surface area contributed by atoms with Gasteiger partial charge in [0.2, 0.25) is 0 Å². The van der Waals surface area contributed by atoms with Gasteiger partial charge in [-0.3, -0.25) is 10.1 Å². The van der Waals surface area contributed by atoms with Gasteiger partial charge in [0.1, 0.15) is 11.6 Å². The number of hydrogen-bond acceptors (Lipinski definition) is 4. The molecule has 0 radical (unpaired) electrons. The second kappa shape index (κ2) is 5.36. The molecule has 4 nitrogen and oxygen atoms in total. The number of carbonyl (C=O) groups is 1. The zero-order valence-electron chi connectivity index (χ0n) is 10.5. The Morgan fingerprint density at radius 2 is 2.05 bits per heavy atom. The van der Waals surface area contributed by atoms with Crippen LogP contribution in [0.2, 0.25) is 0 Å². The zero-order valence-corrected chi connectivity index (χ0v) is 11.3. The number of anilines is 1. The second-order valence-electron chi connectivity index (χ2n) is 4.36. The Balaban J connectivity index is 2.04. The molecule has 0 aliphatic heterocycles. The number of carbonyl (C=O) groups excluding carboxylic acids is 1. The van der Waals surface area contributed by atoms with E-state index in [2.05, 4.69) is 10.3 Å². The molecule has 0 saturated heterocycles. The highest BCUT2D eigenvalue weighted by atomic mass is 32.1. The molecule has 19 heavy (non-hydrogen) atoms. The minimum atomic E-state index is -1.08. The first kappa shape index (κ1) is 13.5. The molecular formula is C13H13FN2O2S. The average Bonchev–Trinajstić information content (AvgIpc) is 2.84. The van der Waals surface area contributed by atoms with Crippen molar-refractivity contribution in [1.82, 2.24) is 4.98 Å². The van der Waals surface area contributed by atoms with E-state index in [4.69, 9.17) is 4.74 Å². The molecule has 0 bridgehead atoms. The predicted molar refractivity (Wildman–Crippen MR) is 71.9 cm³/mol. The van der Waals surface area contributed by atoms with Crippen LogP contribution in [0.4, 0.5) is 9.52 Å². The maximum absolute atomic E-state index is 12.8. The standard InChI is InChI=1S/C13H13FN2O2S/c1-13(2,11(17)16-12-15-7-8-19-12)18-10-5-3-9(14)4-6-10/h3-8H,1-2H3,(H,15,16,17). The Morgan fingerprint density at radius 1 is 1.37 bits per heavy atom. The molecular weight excluding hydrogens is 267 g/mol. The number of halogens is 1. The van der Waals surface area contributed by atoms with E-state index < -0.39 is 5.60 Å². The van der Waals surface area contributed by atoms with Crippen molar-refractivity contribution in [2.24, 2.45) is 0 Å². The summed E-state index contributed by atoms with van der Waals surface area (Å²) < 4.78 is 18.4. The van der Waals surface area contributed by atoms with Crippen LogP contribution in [-0.4, -0.2) is 16.5 Å². The number of benzene rings is 1. The maximum atomic E-state index is 12.8. The molecule has 0 aliphatic carbocycles. The molecule has 100 valence electrons. The zero-order chi connectivity index (χ0) is 13.9. The smallest absolute Gasteiger partial charge is 0.269 e. The SMILES string of the molecule is CC(C)(Oc1ccc(F)cc1)C(=O)Nc1nccs1. The predicted octanol–water partition coefficient (Wildman–Crippen LogP) is 3.08. The fraction of sp³-hybridized carbons (Fsp3) is 0.231. The summed E-state index contributed by atoms with van der Waals surface area (Å²) in [6, 6.07) is 5.52. The molecule has 0 spiro atoms. The molecule has 1 heterocycles. The topological polar surface area (TPSA) is 51.2 Å². The molecule has 0 saturated carbocycles. The van der Waals surface area contributed by atoms with Gasteiger partial charge in [-0.15, -0.1) is 11.3 Å². The summed E-state index contributed by atoms with van der Waals surface area (Å²) in [7, 11) is 0. The van der Waals surface area contributed by atoms with Crippen molar-refractivity contribution in [3.63, 3.8) is 0 Å². The molecule has 6 heteroatoms. The molecule has 1 aromatic heterocycles. The van der Waals surface area contributed by atoms with E-state index in [1.54, 1.807) is 25.4 Å². The van der Waals surface area contributed by atoms with Crippen LogP contribution in [-0.2, 0) is 4.79 Å². The van der Waals surface area contributed by atoms with Crippen molar-refractivity contribution < 1.29 is 13.9 Å². The Bertz CT molecular complexity index is 553. The number of ether oxygens (including phenoxy) is 1. The highest BCUT2D eigenvalue weighted by Crippen LogP contribution is 2.21. The van der Waals surface area contributed by atoms with Crippen LogP contribution >= 0.6 is 11.3 Å². The summed E-state index contributed by atoms with van der Waals surface area (Å²) in [6.45, 7) is 3.28. The van der Waals surface area contributed by atoms with Crippen molar-refractivity contribution in [2.75, 3.05) is 5.32 Å². The van der Waals surface area contributed by atoms with E-state index in [0.29, 0.717) is 10.9 Å². The molecule has 0 fully saturated rings. The number of amides is 1. The average molecular weight is 280 g/mol. The summed E-state index contributed by atoms with van der Waals surface area (Å²) >= 11 is 1.33. The molecule has 0 aliphatic rings. The number of thiazole rings is 1. The molecule has 2 rings (SSSR count). The minimum Gasteiger partial charge on any atom is -0.478 e. The molecule has 0 unspecified atom stereocenters. The van der Waals surface area contributed by atoms with Crippen LogP contribution in [0.1, 0.15) is 13.8 Å². The van der Waals surface area contributed by atoms with Crippen molar-refractivity contribution >= 4 is 22.4 Å². The highest BCUT2D eigenvalue weighted by Gasteiger charge is 2.30. The van der Waals surface area contributed by atoms with Crippen LogP contribution in [0.3, 0.4) is 0 Å². The van der Waals surface area contributed by atoms with E-state index in [9.17, 15) is 9.18 Å². The van der Waals surface area contributed by atoms with Gasteiger partial charge in [0.15, 0.2) is 10.7 Å². The molecule has 1 aromatic carbocycles. The lowest BCUT2D eigenvalue weighted by molar-refractivity contribution is -0.128. The molecule has 0 atom stereocenters. The second-order valence-corrected chi connectivity index (χ2v) is 5.25. The number of aromatic nitrogens is 1. The van der Waals surface area contributed by atoms with Crippen LogP contribution < -0.4 is 10.1 Å². The number of nitrogens with zero attached hydrogens (tertiary/aromatic N) is 1. The lowest BCUT2D eigenvalue weighted by Crippen LogP contribution is -2.42. The summed E-state index contributed by atoms with van der Waals surface area (Å²) in [5, 5.41) is 4.95. The van der Waals surface area contributed by atoms with Crippen molar-refractivity contribution in [2.45, 2.75) is 19.4 Å². The third-order valence-electron chi connectivity index (χ3n) is 2.39. The summed E-state index contributed by atoms with van der Waals surface area (Å²) in [6.07, 6.45) is 1.61. The summed E-state index contributed by atoms with van der Waals surface area (Å²) in [5.74, 6) is -0.232. The van der Waals surface area contributed by atoms with Gasteiger partial charge < -0.3 is 4.74 Å². The fourth-order valence-electron chi connectivity index (χ4n) is 1.38. The van der Waals surface area contributed by atoms with Gasteiger partial charge in [0.25, 0.3) is 5.91 Å². The van der Waals surface area contributed by atoms with E-state index in [1.807, 2.05) is 0 Å². The van der Waals surface area contributed by atoms with Gasteiger partial charge in [-0.05, 0) is 38.1 Å². The number of hydrogen-bond donors (Lipinski definition) is 1. The van der Waals surface area contributed by atoms with Crippen LogP contribution in [0.5, 0.6) is 5.75 Å². The van der Waals surface area contributed by atoms with Crippen molar-refractivity contribution in [1.29, 1.82) is 0 Å². The van der Waals surface area contributed by atoms with Gasteiger partial charge in [-0.25, -0.2) is 9.37 Å². The first-order valence-electron chi connectivity index (χ1n) is 5.63. The van der Waals surface area contributed by atoms with Crippen molar-refractivity contribution in [3.8, 4) is 5.75 Å². The number of nitrogens with one attached hydrogen (secondary N) is 1. The molecule has 2 aromatic rings. The van der Waals surface area contributed by atoms with Gasteiger partial charge in [0.05, 0.1) is 0 Å². The van der Waals surface area contributed by atoms with E-state index >= 15 is 0 Å². The van der Waals surface area contributed by atoms with E-state index in [-0.39, 0.29) is 11.7 Å². The first-order chi connectivity index (χ1) is 8.97. The Labute approximate surface area is 114 Å². The largest absolute Gasteiger partial charge is 0.478 e. The van der Waals surface area contributed by atoms with E-state index in [1.165, 1.54) is 35.6 Å². The quantitative estimate of drug-likeness (QED) is 0.936. The normalized spacial score (nSPS) is 11.1. The van der Waals surface area contributed by atoms with Gasteiger partial charge in [0, 0.05) is 11.6 Å². The first-order valence-corrected chi connectivity index (χ1v) is 6.51. The Kier molecular flexibility index (Phi) is 3.80. The van der Waals surface area contributed by atoms with Gasteiger partial charge in [-0.1, -0.05) is 0 Å². The Hall–Kier alpha value is -1.95. The van der Waals surface area contributed by atoms with E-state index in [0.717, 1.165) is 0 Å². The summed E-state index contributed by atoms with van der Waals surface area (Å²) in [5.41, 5.74) is -1.08. The fourth-order valence-corrected chi connectivity index (χ4v) is 1.90. The monoisotopic (exact) mass is 280 g/mol. The summed E-state index contributed by atoms with van der Waals surface area (Å²) in [4.78, 5) is 16.0. The lowest BCUT2D eigenvalue weighted by Gasteiger charge is -2.24. The lowest BCUT2D eigenvalue weighted by atomic mass is 10.1. The van der Waals surface area contributed by atoms with Crippen LogP contribution in [0.25, 0.3) is 0 Å². The van der Waals surface area contributed by atoms with Crippen LogP contribution in [0.15, 0.2) is 35.8 Å². The van der Waals surface area contributed by atoms with Crippen LogP contribution in [0, 0.1) is 5.82 Å². The third-order valence-corrected chi connectivity index (χ3v) is 3.07. The van der Waals surface area contributed by atoms with Gasteiger partial charge >= 0.3 is 0 Å². The maximum Gasteiger partial charge on any atom is 0.269 e. The third kappa shape index (κ3) is 3.51.